The minimum Gasteiger partial charge on any atom is -0.392 e. The smallest absolute Gasteiger partial charge is 0.272 e. The Morgan fingerprint density at radius 1 is 1.56 bits per heavy atom. The van der Waals surface area contributed by atoms with E-state index in [0.717, 1.165) is 10.9 Å². The van der Waals surface area contributed by atoms with E-state index in [0.29, 0.717) is 5.69 Å². The Bertz CT molecular complexity index is 505. The molecule has 0 radical (unpaired) electrons. The van der Waals surface area contributed by atoms with Crippen molar-refractivity contribution in [3.63, 3.8) is 0 Å². The normalized spacial score (nSPS) is 12.6. The van der Waals surface area contributed by atoms with Gasteiger partial charge in [0.25, 0.3) is 5.91 Å². The zero-order valence-corrected chi connectivity index (χ0v) is 8.90. The minimum atomic E-state index is -0.561. The van der Waals surface area contributed by atoms with Gasteiger partial charge in [0.15, 0.2) is 5.69 Å². The van der Waals surface area contributed by atoms with E-state index in [4.69, 9.17) is 5.11 Å². The van der Waals surface area contributed by atoms with E-state index in [1.54, 1.807) is 6.92 Å². The summed E-state index contributed by atoms with van der Waals surface area (Å²) in [5, 5.41) is 19.2. The zero-order chi connectivity index (χ0) is 11.5. The molecule has 0 aliphatic heterocycles. The van der Waals surface area contributed by atoms with Crippen LogP contribution in [0.5, 0.6) is 0 Å². The van der Waals surface area contributed by atoms with Crippen molar-refractivity contribution in [1.29, 1.82) is 0 Å². The number of carbonyl (C=O) groups is 1. The molecular formula is C11H13N3O2. The first-order chi connectivity index (χ1) is 7.68. The topological polar surface area (TPSA) is 78.0 Å². The van der Waals surface area contributed by atoms with Gasteiger partial charge in [-0.2, -0.15) is 5.10 Å². The minimum absolute atomic E-state index is 0.222. The number of nitrogens with zero attached hydrogens (tertiary/aromatic N) is 1. The molecule has 2 aromatic rings. The van der Waals surface area contributed by atoms with Gasteiger partial charge in [0.05, 0.1) is 11.6 Å². The van der Waals surface area contributed by atoms with Gasteiger partial charge in [-0.15, -0.1) is 0 Å². The number of carbonyl (C=O) groups excluding carboxylic acids is 1. The SMILES string of the molecule is C[C@@H](O)CNC(=O)c1n[nH]c2ccccc12. The number of hydrogen-bond acceptors (Lipinski definition) is 3. The highest BCUT2D eigenvalue weighted by Crippen LogP contribution is 2.14. The number of benzene rings is 1. The highest BCUT2D eigenvalue weighted by molar-refractivity contribution is 6.04. The molecule has 0 spiro atoms. The lowest BCUT2D eigenvalue weighted by Gasteiger charge is -2.05. The monoisotopic (exact) mass is 219 g/mol. The predicted octanol–water partition coefficient (Wildman–Crippen LogP) is 0.673. The molecule has 1 amide bonds. The third-order valence-corrected chi connectivity index (χ3v) is 2.24. The van der Waals surface area contributed by atoms with Gasteiger partial charge in [-0.05, 0) is 13.0 Å². The van der Waals surface area contributed by atoms with Crippen LogP contribution in [0.1, 0.15) is 17.4 Å². The molecule has 1 heterocycles. The van der Waals surface area contributed by atoms with Crippen molar-refractivity contribution in [3.05, 3.63) is 30.0 Å². The summed E-state index contributed by atoms with van der Waals surface area (Å²) in [4.78, 5) is 11.7. The average molecular weight is 219 g/mol. The van der Waals surface area contributed by atoms with Gasteiger partial charge in [0.1, 0.15) is 0 Å². The van der Waals surface area contributed by atoms with E-state index in [-0.39, 0.29) is 12.5 Å². The second-order valence-electron chi connectivity index (χ2n) is 3.68. The van der Waals surface area contributed by atoms with E-state index < -0.39 is 6.10 Å². The van der Waals surface area contributed by atoms with Crippen molar-refractivity contribution in [3.8, 4) is 0 Å². The molecule has 84 valence electrons. The number of amides is 1. The van der Waals surface area contributed by atoms with Crippen LogP contribution in [0.3, 0.4) is 0 Å². The van der Waals surface area contributed by atoms with Crippen molar-refractivity contribution in [1.82, 2.24) is 15.5 Å². The molecule has 0 unspecified atom stereocenters. The zero-order valence-electron chi connectivity index (χ0n) is 8.90. The molecule has 1 aromatic carbocycles. The number of aliphatic hydroxyl groups is 1. The Morgan fingerprint density at radius 2 is 2.31 bits per heavy atom. The maximum absolute atomic E-state index is 11.7. The van der Waals surface area contributed by atoms with Crippen LogP contribution in [0.4, 0.5) is 0 Å². The van der Waals surface area contributed by atoms with Crippen LogP contribution >= 0.6 is 0 Å². The van der Waals surface area contributed by atoms with Gasteiger partial charge in [-0.3, -0.25) is 9.89 Å². The second-order valence-corrected chi connectivity index (χ2v) is 3.68. The van der Waals surface area contributed by atoms with Crippen molar-refractivity contribution in [2.24, 2.45) is 0 Å². The van der Waals surface area contributed by atoms with Crippen molar-refractivity contribution in [2.75, 3.05) is 6.54 Å². The maximum Gasteiger partial charge on any atom is 0.272 e. The van der Waals surface area contributed by atoms with Crippen LogP contribution in [0.25, 0.3) is 10.9 Å². The lowest BCUT2D eigenvalue weighted by Crippen LogP contribution is -2.30. The molecule has 3 N–H and O–H groups in total. The van der Waals surface area contributed by atoms with Gasteiger partial charge < -0.3 is 10.4 Å². The van der Waals surface area contributed by atoms with Gasteiger partial charge >= 0.3 is 0 Å². The van der Waals surface area contributed by atoms with Crippen LogP contribution in [-0.2, 0) is 0 Å². The van der Waals surface area contributed by atoms with Crippen LogP contribution in [0.15, 0.2) is 24.3 Å². The summed E-state index contributed by atoms with van der Waals surface area (Å²) >= 11 is 0. The van der Waals surface area contributed by atoms with Gasteiger partial charge in [0.2, 0.25) is 0 Å². The average Bonchev–Trinajstić information content (AvgIpc) is 2.69. The number of aromatic nitrogens is 2. The number of hydrogen-bond donors (Lipinski definition) is 3. The predicted molar refractivity (Wildman–Crippen MR) is 60.1 cm³/mol. The molecule has 16 heavy (non-hydrogen) atoms. The number of para-hydroxylation sites is 1. The quantitative estimate of drug-likeness (QED) is 0.710. The van der Waals surface area contributed by atoms with Crippen LogP contribution in [0.2, 0.25) is 0 Å². The number of aromatic amines is 1. The van der Waals surface area contributed by atoms with Crippen LogP contribution in [0, 0.1) is 0 Å². The molecule has 0 aliphatic rings. The van der Waals surface area contributed by atoms with E-state index in [1.165, 1.54) is 0 Å². The fourth-order valence-electron chi connectivity index (χ4n) is 1.46. The number of H-pyrrole nitrogens is 1. The summed E-state index contributed by atoms with van der Waals surface area (Å²) in [7, 11) is 0. The Morgan fingerprint density at radius 3 is 3.06 bits per heavy atom. The molecule has 0 bridgehead atoms. The van der Waals surface area contributed by atoms with E-state index in [1.807, 2.05) is 24.3 Å². The Labute approximate surface area is 92.5 Å². The van der Waals surface area contributed by atoms with E-state index in [9.17, 15) is 4.79 Å². The number of fused-ring (bicyclic) bond motifs is 1. The molecule has 0 aliphatic carbocycles. The number of aliphatic hydroxyl groups excluding tert-OH is 1. The summed E-state index contributed by atoms with van der Waals surface area (Å²) in [5.41, 5.74) is 1.18. The molecule has 1 aromatic heterocycles. The highest BCUT2D eigenvalue weighted by Gasteiger charge is 2.13. The Kier molecular flexibility index (Phi) is 2.87. The van der Waals surface area contributed by atoms with Crippen LogP contribution in [-0.4, -0.2) is 33.9 Å². The number of nitrogens with one attached hydrogen (secondary N) is 2. The maximum atomic E-state index is 11.7. The highest BCUT2D eigenvalue weighted by atomic mass is 16.3. The molecule has 0 saturated carbocycles. The summed E-state index contributed by atoms with van der Waals surface area (Å²) in [6, 6.07) is 7.41. The fraction of sp³-hybridized carbons (Fsp3) is 0.273. The first kappa shape index (κ1) is 10.6. The lowest BCUT2D eigenvalue weighted by atomic mass is 10.2. The second kappa shape index (κ2) is 4.32. The fourth-order valence-corrected chi connectivity index (χ4v) is 1.46. The molecule has 1 atom stereocenters. The molecule has 5 heteroatoms. The third-order valence-electron chi connectivity index (χ3n) is 2.24. The summed E-state index contributed by atoms with van der Waals surface area (Å²) in [5.74, 6) is -0.279. The van der Waals surface area contributed by atoms with E-state index >= 15 is 0 Å². The molecule has 0 fully saturated rings. The Balaban J connectivity index is 2.23. The van der Waals surface area contributed by atoms with Crippen LogP contribution < -0.4 is 5.32 Å². The molecule has 2 rings (SSSR count). The van der Waals surface area contributed by atoms with Crippen molar-refractivity contribution >= 4 is 16.8 Å². The summed E-state index contributed by atoms with van der Waals surface area (Å²) in [6.45, 7) is 1.84. The summed E-state index contributed by atoms with van der Waals surface area (Å²) < 4.78 is 0. The lowest BCUT2D eigenvalue weighted by molar-refractivity contribution is 0.0920. The first-order valence-corrected chi connectivity index (χ1v) is 5.08. The standard InChI is InChI=1S/C11H13N3O2/c1-7(15)6-12-11(16)10-8-4-2-3-5-9(8)13-14-10/h2-5,7,15H,6H2,1H3,(H,12,16)(H,13,14)/t7-/m1/s1. The first-order valence-electron chi connectivity index (χ1n) is 5.08. The Hall–Kier alpha value is -1.88. The van der Waals surface area contributed by atoms with Crippen molar-refractivity contribution < 1.29 is 9.90 Å². The largest absolute Gasteiger partial charge is 0.392 e. The third kappa shape index (κ3) is 2.04. The number of rotatable bonds is 3. The molecular weight excluding hydrogens is 206 g/mol. The van der Waals surface area contributed by atoms with Gasteiger partial charge in [-0.25, -0.2) is 0 Å². The van der Waals surface area contributed by atoms with Crippen molar-refractivity contribution in [2.45, 2.75) is 13.0 Å². The summed E-state index contributed by atoms with van der Waals surface area (Å²) in [6.07, 6.45) is -0.561. The van der Waals surface area contributed by atoms with E-state index in [2.05, 4.69) is 15.5 Å². The van der Waals surface area contributed by atoms with Gasteiger partial charge in [0, 0.05) is 11.9 Å². The molecule has 5 nitrogen and oxygen atoms in total. The van der Waals surface area contributed by atoms with Gasteiger partial charge in [-0.1, -0.05) is 18.2 Å². The molecule has 0 saturated heterocycles.